The maximum absolute atomic E-state index is 5.62. The molecule has 2 rings (SSSR count). The van der Waals surface area contributed by atoms with Gasteiger partial charge in [0.05, 0.1) is 6.10 Å². The normalized spacial score (nSPS) is 15.1. The van der Waals surface area contributed by atoms with E-state index in [0.717, 1.165) is 12.5 Å². The van der Waals surface area contributed by atoms with Crippen molar-refractivity contribution >= 4 is 5.95 Å². The summed E-state index contributed by atoms with van der Waals surface area (Å²) >= 11 is 0. The molecule has 5 nitrogen and oxygen atoms in total. The molecule has 2 N–H and O–H groups in total. The second-order valence-electron chi connectivity index (χ2n) is 4.57. The Hall–Kier alpha value is -1.36. The van der Waals surface area contributed by atoms with E-state index in [-0.39, 0.29) is 6.10 Å². The number of hydrogen-bond acceptors (Lipinski definition) is 5. The zero-order valence-corrected chi connectivity index (χ0v) is 10.5. The molecular weight excluding hydrogens is 216 g/mol. The predicted molar refractivity (Wildman–Crippen MR) is 67.2 cm³/mol. The zero-order valence-electron chi connectivity index (χ0n) is 10.5. The molecule has 0 amide bonds. The molecule has 0 spiro atoms. The zero-order chi connectivity index (χ0) is 12.3. The van der Waals surface area contributed by atoms with E-state index in [1.807, 2.05) is 13.8 Å². The summed E-state index contributed by atoms with van der Waals surface area (Å²) in [5, 5.41) is 0. The van der Waals surface area contributed by atoms with Gasteiger partial charge in [0.2, 0.25) is 11.8 Å². The van der Waals surface area contributed by atoms with E-state index in [1.165, 1.54) is 12.8 Å². The van der Waals surface area contributed by atoms with Crippen LogP contribution >= 0.6 is 0 Å². The van der Waals surface area contributed by atoms with E-state index in [9.17, 15) is 0 Å². The fourth-order valence-electron chi connectivity index (χ4n) is 1.75. The first-order chi connectivity index (χ1) is 8.20. The van der Waals surface area contributed by atoms with Gasteiger partial charge in [-0.1, -0.05) is 0 Å². The second kappa shape index (κ2) is 5.31. The lowest BCUT2D eigenvalue weighted by atomic mass is 10.4. The Kier molecular flexibility index (Phi) is 3.78. The standard InChI is InChI=1S/C12H20N4O/c1-9(2)17-11-5-7-14-12(15-11)16(8-6-13)10-3-4-10/h5,7,9-10H,3-4,6,8,13H2,1-2H3. The van der Waals surface area contributed by atoms with Gasteiger partial charge in [0, 0.05) is 31.4 Å². The van der Waals surface area contributed by atoms with Crippen molar-refractivity contribution in [1.29, 1.82) is 0 Å². The number of hydrogen-bond donors (Lipinski definition) is 1. The van der Waals surface area contributed by atoms with Crippen molar-refractivity contribution in [2.24, 2.45) is 5.73 Å². The van der Waals surface area contributed by atoms with Crippen LogP contribution in [0.25, 0.3) is 0 Å². The van der Waals surface area contributed by atoms with Crippen LogP contribution in [0.15, 0.2) is 12.3 Å². The topological polar surface area (TPSA) is 64.3 Å². The summed E-state index contributed by atoms with van der Waals surface area (Å²) in [7, 11) is 0. The molecule has 1 fully saturated rings. The van der Waals surface area contributed by atoms with Crippen molar-refractivity contribution in [3.8, 4) is 5.88 Å². The maximum atomic E-state index is 5.62. The van der Waals surface area contributed by atoms with Gasteiger partial charge in [-0.25, -0.2) is 4.98 Å². The van der Waals surface area contributed by atoms with E-state index in [2.05, 4.69) is 14.9 Å². The molecule has 0 saturated heterocycles. The number of nitrogens with two attached hydrogens (primary N) is 1. The predicted octanol–water partition coefficient (Wildman–Crippen LogP) is 1.19. The molecule has 1 aliphatic rings. The molecule has 0 aliphatic heterocycles. The summed E-state index contributed by atoms with van der Waals surface area (Å²) in [6.07, 6.45) is 4.28. The molecule has 94 valence electrons. The largest absolute Gasteiger partial charge is 0.475 e. The third-order valence-electron chi connectivity index (χ3n) is 2.59. The average molecular weight is 236 g/mol. The molecule has 0 aromatic carbocycles. The van der Waals surface area contributed by atoms with Gasteiger partial charge >= 0.3 is 0 Å². The van der Waals surface area contributed by atoms with Crippen molar-refractivity contribution < 1.29 is 4.74 Å². The fraction of sp³-hybridized carbons (Fsp3) is 0.667. The minimum absolute atomic E-state index is 0.127. The summed E-state index contributed by atoms with van der Waals surface area (Å²) in [4.78, 5) is 10.9. The van der Waals surface area contributed by atoms with E-state index in [4.69, 9.17) is 10.5 Å². The third-order valence-corrected chi connectivity index (χ3v) is 2.59. The Labute approximate surface area is 102 Å². The highest BCUT2D eigenvalue weighted by atomic mass is 16.5. The quantitative estimate of drug-likeness (QED) is 0.803. The summed E-state index contributed by atoms with van der Waals surface area (Å²) in [5.74, 6) is 1.36. The van der Waals surface area contributed by atoms with Crippen molar-refractivity contribution in [1.82, 2.24) is 9.97 Å². The maximum Gasteiger partial charge on any atom is 0.228 e. The molecule has 17 heavy (non-hydrogen) atoms. The lowest BCUT2D eigenvalue weighted by Crippen LogP contribution is -2.32. The van der Waals surface area contributed by atoms with Gasteiger partial charge in [-0.2, -0.15) is 4.98 Å². The molecule has 1 aliphatic carbocycles. The molecular formula is C12H20N4O. The lowest BCUT2D eigenvalue weighted by Gasteiger charge is -2.21. The molecule has 0 bridgehead atoms. The highest BCUT2D eigenvalue weighted by Crippen LogP contribution is 2.29. The molecule has 5 heteroatoms. The van der Waals surface area contributed by atoms with Gasteiger partial charge in [-0.3, -0.25) is 0 Å². The Morgan fingerprint density at radius 1 is 1.53 bits per heavy atom. The molecule has 1 saturated carbocycles. The van der Waals surface area contributed by atoms with Crippen LogP contribution in [0.5, 0.6) is 5.88 Å². The summed E-state index contributed by atoms with van der Waals surface area (Å²) in [6, 6.07) is 2.35. The Morgan fingerprint density at radius 3 is 2.88 bits per heavy atom. The van der Waals surface area contributed by atoms with Gasteiger partial charge in [0.15, 0.2) is 0 Å². The Bertz CT molecular complexity index is 365. The van der Waals surface area contributed by atoms with Gasteiger partial charge in [-0.15, -0.1) is 0 Å². The molecule has 0 radical (unpaired) electrons. The highest BCUT2D eigenvalue weighted by molar-refractivity contribution is 5.35. The SMILES string of the molecule is CC(C)Oc1ccnc(N(CCN)C2CC2)n1. The number of nitrogens with zero attached hydrogens (tertiary/aromatic N) is 3. The minimum Gasteiger partial charge on any atom is -0.475 e. The average Bonchev–Trinajstić information content (AvgIpc) is 3.09. The van der Waals surface area contributed by atoms with E-state index < -0.39 is 0 Å². The van der Waals surface area contributed by atoms with Crippen LogP contribution in [0.3, 0.4) is 0 Å². The van der Waals surface area contributed by atoms with Gasteiger partial charge in [-0.05, 0) is 26.7 Å². The van der Waals surface area contributed by atoms with Gasteiger partial charge in [0.25, 0.3) is 0 Å². The highest BCUT2D eigenvalue weighted by Gasteiger charge is 2.30. The number of ether oxygens (including phenoxy) is 1. The van der Waals surface area contributed by atoms with Crippen molar-refractivity contribution in [2.75, 3.05) is 18.0 Å². The van der Waals surface area contributed by atoms with Gasteiger partial charge in [0.1, 0.15) is 0 Å². The lowest BCUT2D eigenvalue weighted by molar-refractivity contribution is 0.232. The molecule has 0 atom stereocenters. The number of rotatable bonds is 6. The van der Waals surface area contributed by atoms with Crippen molar-refractivity contribution in [3.63, 3.8) is 0 Å². The van der Waals surface area contributed by atoms with Crippen LogP contribution in [-0.4, -0.2) is 35.2 Å². The van der Waals surface area contributed by atoms with Crippen LogP contribution in [0.4, 0.5) is 5.95 Å². The first-order valence-corrected chi connectivity index (χ1v) is 6.17. The van der Waals surface area contributed by atoms with Crippen LogP contribution < -0.4 is 15.4 Å². The Balaban J connectivity index is 2.12. The second-order valence-corrected chi connectivity index (χ2v) is 4.57. The fourth-order valence-corrected chi connectivity index (χ4v) is 1.75. The third kappa shape index (κ3) is 3.30. The van der Waals surface area contributed by atoms with E-state index in [1.54, 1.807) is 12.3 Å². The minimum atomic E-state index is 0.127. The van der Waals surface area contributed by atoms with Crippen LogP contribution in [0.1, 0.15) is 26.7 Å². The molecule has 0 unspecified atom stereocenters. The summed E-state index contributed by atoms with van der Waals surface area (Å²) in [6.45, 7) is 5.39. The van der Waals surface area contributed by atoms with Crippen molar-refractivity contribution in [3.05, 3.63) is 12.3 Å². The molecule has 1 aromatic rings. The Morgan fingerprint density at radius 2 is 2.29 bits per heavy atom. The van der Waals surface area contributed by atoms with E-state index in [0.29, 0.717) is 18.5 Å². The van der Waals surface area contributed by atoms with Crippen molar-refractivity contribution in [2.45, 2.75) is 38.8 Å². The summed E-state index contributed by atoms with van der Waals surface area (Å²) in [5.41, 5.74) is 5.62. The molecule has 1 aromatic heterocycles. The van der Waals surface area contributed by atoms with Crippen LogP contribution in [0.2, 0.25) is 0 Å². The molecule has 1 heterocycles. The first kappa shape index (κ1) is 12.1. The van der Waals surface area contributed by atoms with Crippen LogP contribution in [0, 0.1) is 0 Å². The number of anilines is 1. The van der Waals surface area contributed by atoms with Gasteiger partial charge < -0.3 is 15.4 Å². The summed E-state index contributed by atoms with van der Waals surface area (Å²) < 4.78 is 5.57. The number of aromatic nitrogens is 2. The van der Waals surface area contributed by atoms with Crippen LogP contribution in [-0.2, 0) is 0 Å². The monoisotopic (exact) mass is 236 g/mol. The smallest absolute Gasteiger partial charge is 0.228 e. The van der Waals surface area contributed by atoms with E-state index >= 15 is 0 Å². The first-order valence-electron chi connectivity index (χ1n) is 6.17.